The summed E-state index contributed by atoms with van der Waals surface area (Å²) in [5.74, 6) is -0.259. The number of amides is 1. The highest BCUT2D eigenvalue weighted by atomic mass is 35.5. The molecule has 4 nitrogen and oxygen atoms in total. The van der Waals surface area contributed by atoms with Gasteiger partial charge in [-0.05, 0) is 65.8 Å². The smallest absolute Gasteiger partial charge is 0.233 e. The first kappa shape index (κ1) is 18.7. The highest BCUT2D eigenvalue weighted by Gasteiger charge is 2.44. The molecule has 4 N–H and O–H groups in total. The van der Waals surface area contributed by atoms with Gasteiger partial charge in [0.15, 0.2) is 0 Å². The molecule has 0 saturated carbocycles. The van der Waals surface area contributed by atoms with Crippen molar-refractivity contribution >= 4 is 17.5 Å². The van der Waals surface area contributed by atoms with E-state index in [9.17, 15) is 9.90 Å². The molecule has 0 radical (unpaired) electrons. The quantitative estimate of drug-likeness (QED) is 0.772. The first-order chi connectivity index (χ1) is 12.5. The zero-order chi connectivity index (χ0) is 18.9. The van der Waals surface area contributed by atoms with Crippen LogP contribution in [-0.4, -0.2) is 24.1 Å². The van der Waals surface area contributed by atoms with Gasteiger partial charge < -0.3 is 16.2 Å². The summed E-state index contributed by atoms with van der Waals surface area (Å²) in [6.45, 7) is 5.33. The second-order valence-corrected chi connectivity index (χ2v) is 7.18. The minimum Gasteiger partial charge on any atom is -0.508 e. The Labute approximate surface area is 159 Å². The molecule has 0 aromatic heterocycles. The monoisotopic (exact) mass is 372 g/mol. The maximum Gasteiger partial charge on any atom is 0.233 e. The molecule has 0 bridgehead atoms. The number of hydrogen-bond donors (Lipinski definition) is 3. The van der Waals surface area contributed by atoms with Crippen molar-refractivity contribution in [1.82, 2.24) is 5.32 Å². The van der Waals surface area contributed by atoms with Crippen molar-refractivity contribution in [2.75, 3.05) is 13.1 Å². The highest BCUT2D eigenvalue weighted by Crippen LogP contribution is 2.41. The number of primary amides is 1. The van der Waals surface area contributed by atoms with E-state index >= 15 is 0 Å². The van der Waals surface area contributed by atoms with E-state index in [0.717, 1.165) is 58.6 Å². The Morgan fingerprint density at radius 2 is 1.96 bits per heavy atom. The van der Waals surface area contributed by atoms with Gasteiger partial charge in [-0.3, -0.25) is 4.79 Å². The zero-order valence-electron chi connectivity index (χ0n) is 15.2. The molecule has 2 aromatic rings. The van der Waals surface area contributed by atoms with Crippen molar-refractivity contribution in [2.45, 2.75) is 38.5 Å². The van der Waals surface area contributed by atoms with Crippen LogP contribution in [0.2, 0.25) is 5.02 Å². The number of rotatable bonds is 4. The molecule has 1 atom stereocenters. The summed E-state index contributed by atoms with van der Waals surface area (Å²) in [7, 11) is 0. The van der Waals surface area contributed by atoms with Crippen molar-refractivity contribution in [2.24, 2.45) is 5.73 Å². The number of carbonyl (C=O) groups excluding carboxylic acids is 1. The first-order valence-electron chi connectivity index (χ1n) is 9.09. The molecule has 1 amide bonds. The van der Waals surface area contributed by atoms with Gasteiger partial charge in [-0.25, -0.2) is 0 Å². The van der Waals surface area contributed by atoms with Gasteiger partial charge in [-0.1, -0.05) is 43.6 Å². The van der Waals surface area contributed by atoms with E-state index < -0.39 is 11.3 Å². The van der Waals surface area contributed by atoms with E-state index in [1.807, 2.05) is 0 Å². The summed E-state index contributed by atoms with van der Waals surface area (Å²) >= 11 is 6.81. The molecule has 0 fully saturated rings. The van der Waals surface area contributed by atoms with Gasteiger partial charge >= 0.3 is 0 Å². The predicted molar refractivity (Wildman–Crippen MR) is 105 cm³/mol. The van der Waals surface area contributed by atoms with E-state index in [0.29, 0.717) is 6.54 Å². The van der Waals surface area contributed by atoms with Gasteiger partial charge in [-0.2, -0.15) is 0 Å². The van der Waals surface area contributed by atoms with Crippen molar-refractivity contribution in [1.29, 1.82) is 0 Å². The number of phenolic OH excluding ortho intramolecular Hbond substituents is 1. The number of fused-ring (bicyclic) bond motifs is 1. The Balaban J connectivity index is 2.36. The lowest BCUT2D eigenvalue weighted by molar-refractivity contribution is -0.122. The number of phenols is 1. The van der Waals surface area contributed by atoms with E-state index in [4.69, 9.17) is 17.3 Å². The number of aromatic hydroxyl groups is 1. The van der Waals surface area contributed by atoms with Crippen LogP contribution >= 0.6 is 11.6 Å². The number of halogens is 1. The number of nitrogens with one attached hydrogen (secondary N) is 1. The van der Waals surface area contributed by atoms with Crippen LogP contribution in [0.25, 0.3) is 0 Å². The molecule has 0 saturated heterocycles. The maximum absolute atomic E-state index is 12.8. The number of nitrogens with two attached hydrogens (primary N) is 1. The molecule has 26 heavy (non-hydrogen) atoms. The van der Waals surface area contributed by atoms with Crippen LogP contribution in [0.5, 0.6) is 5.75 Å². The van der Waals surface area contributed by atoms with Crippen molar-refractivity contribution in [3.8, 4) is 5.75 Å². The number of hydrogen-bond acceptors (Lipinski definition) is 3. The fraction of sp³-hybridized carbons (Fsp3) is 0.381. The SMILES string of the molecule is CCc1cc2c(c(Cl)c1CC)CCNC[C@@]2(C(N)=O)c1ccc(O)cc1. The molecule has 0 unspecified atom stereocenters. The zero-order valence-corrected chi connectivity index (χ0v) is 16.0. The van der Waals surface area contributed by atoms with E-state index in [2.05, 4.69) is 25.2 Å². The summed E-state index contributed by atoms with van der Waals surface area (Å²) in [5.41, 5.74) is 9.93. The average molecular weight is 373 g/mol. The van der Waals surface area contributed by atoms with Crippen LogP contribution in [0.4, 0.5) is 0 Å². The van der Waals surface area contributed by atoms with Gasteiger partial charge in [0.25, 0.3) is 0 Å². The summed E-state index contributed by atoms with van der Waals surface area (Å²) in [4.78, 5) is 12.8. The lowest BCUT2D eigenvalue weighted by atomic mass is 9.71. The molecule has 1 aliphatic heterocycles. The Hall–Kier alpha value is -2.04. The molecule has 1 heterocycles. The topological polar surface area (TPSA) is 75.3 Å². The molecule has 138 valence electrons. The molecular weight excluding hydrogens is 348 g/mol. The molecule has 0 spiro atoms. The second kappa shape index (κ2) is 7.29. The minimum atomic E-state index is -1.01. The summed E-state index contributed by atoms with van der Waals surface area (Å²) < 4.78 is 0. The first-order valence-corrected chi connectivity index (χ1v) is 9.47. The van der Waals surface area contributed by atoms with Crippen molar-refractivity contribution in [3.05, 3.63) is 63.2 Å². The molecule has 5 heteroatoms. The van der Waals surface area contributed by atoms with Crippen LogP contribution in [0.1, 0.15) is 41.7 Å². The Morgan fingerprint density at radius 1 is 1.27 bits per heavy atom. The van der Waals surface area contributed by atoms with Crippen LogP contribution in [-0.2, 0) is 29.5 Å². The molecule has 3 rings (SSSR count). The van der Waals surface area contributed by atoms with Gasteiger partial charge in [0, 0.05) is 11.6 Å². The summed E-state index contributed by atoms with van der Waals surface area (Å²) in [6, 6.07) is 8.83. The third kappa shape index (κ3) is 2.87. The standard InChI is InChI=1S/C21H25ClN2O2/c1-3-13-11-18-17(19(22)16(13)4-2)9-10-24-12-21(18,20(23)26)14-5-7-15(25)8-6-14/h5-8,11,24-25H,3-4,9-10,12H2,1-2H3,(H2,23,26)/t21-/m1/s1. The lowest BCUT2D eigenvalue weighted by Crippen LogP contribution is -2.49. The van der Waals surface area contributed by atoms with Crippen LogP contribution < -0.4 is 11.1 Å². The Kier molecular flexibility index (Phi) is 5.26. The van der Waals surface area contributed by atoms with E-state index in [1.54, 1.807) is 24.3 Å². The van der Waals surface area contributed by atoms with Crippen molar-refractivity contribution in [3.63, 3.8) is 0 Å². The van der Waals surface area contributed by atoms with Crippen LogP contribution in [0.3, 0.4) is 0 Å². The third-order valence-electron chi connectivity index (χ3n) is 5.48. The van der Waals surface area contributed by atoms with Gasteiger partial charge in [0.05, 0.1) is 0 Å². The Bertz CT molecular complexity index is 833. The average Bonchev–Trinajstić information content (AvgIpc) is 2.83. The van der Waals surface area contributed by atoms with Crippen LogP contribution in [0, 0.1) is 0 Å². The number of carbonyl (C=O) groups is 1. The number of benzene rings is 2. The van der Waals surface area contributed by atoms with Gasteiger partial charge in [0.2, 0.25) is 5.91 Å². The molecule has 1 aliphatic rings. The third-order valence-corrected chi connectivity index (χ3v) is 5.93. The molecular formula is C21H25ClN2O2. The van der Waals surface area contributed by atoms with E-state index in [-0.39, 0.29) is 5.75 Å². The van der Waals surface area contributed by atoms with Gasteiger partial charge in [0.1, 0.15) is 11.2 Å². The number of aryl methyl sites for hydroxylation is 1. The second-order valence-electron chi connectivity index (χ2n) is 6.80. The Morgan fingerprint density at radius 3 is 2.54 bits per heavy atom. The summed E-state index contributed by atoms with van der Waals surface area (Å²) in [6.07, 6.45) is 2.44. The minimum absolute atomic E-state index is 0.156. The fourth-order valence-electron chi connectivity index (χ4n) is 4.06. The largest absolute Gasteiger partial charge is 0.508 e. The summed E-state index contributed by atoms with van der Waals surface area (Å²) in [5, 5.41) is 13.8. The molecule has 0 aliphatic carbocycles. The fourth-order valence-corrected chi connectivity index (χ4v) is 4.51. The van der Waals surface area contributed by atoms with Crippen LogP contribution in [0.15, 0.2) is 30.3 Å². The normalized spacial score (nSPS) is 19.7. The highest BCUT2D eigenvalue weighted by molar-refractivity contribution is 6.32. The predicted octanol–water partition coefficient (Wildman–Crippen LogP) is 3.09. The maximum atomic E-state index is 12.8. The van der Waals surface area contributed by atoms with Crippen molar-refractivity contribution < 1.29 is 9.90 Å². The molecule has 2 aromatic carbocycles. The lowest BCUT2D eigenvalue weighted by Gasteiger charge is -2.33. The van der Waals surface area contributed by atoms with E-state index in [1.165, 1.54) is 0 Å². The van der Waals surface area contributed by atoms with Gasteiger partial charge in [-0.15, -0.1) is 0 Å².